The molecule has 4 rings (SSSR count). The fourth-order valence-electron chi connectivity index (χ4n) is 3.80. The molecule has 0 fully saturated rings. The zero-order valence-corrected chi connectivity index (χ0v) is 19.2. The summed E-state index contributed by atoms with van der Waals surface area (Å²) in [5.41, 5.74) is 2.33. The zero-order chi connectivity index (χ0) is 24.3. The number of carboxylic acid groups (broad SMARTS) is 1. The third-order valence-electron chi connectivity index (χ3n) is 5.40. The van der Waals surface area contributed by atoms with Gasteiger partial charge in [0.05, 0.1) is 0 Å². The molecule has 0 aliphatic heterocycles. The fourth-order valence-corrected chi connectivity index (χ4v) is 3.80. The van der Waals surface area contributed by atoms with Gasteiger partial charge in [-0.25, -0.2) is 14.9 Å². The van der Waals surface area contributed by atoms with Crippen molar-refractivity contribution in [3.8, 4) is 22.5 Å². The van der Waals surface area contributed by atoms with E-state index in [1.807, 2.05) is 55.5 Å². The summed E-state index contributed by atoms with van der Waals surface area (Å²) in [4.78, 5) is 16.6. The van der Waals surface area contributed by atoms with Gasteiger partial charge in [0.15, 0.2) is 11.5 Å². The number of tetrazole rings is 1. The lowest BCUT2D eigenvalue weighted by atomic mass is 9.98. The molecule has 3 N–H and O–H groups in total. The maximum absolute atomic E-state index is 12.1. The molecule has 0 radical (unpaired) electrons. The lowest BCUT2D eigenvalue weighted by molar-refractivity contribution is 0.0602. The molecule has 0 unspecified atom stereocenters. The maximum atomic E-state index is 12.1. The van der Waals surface area contributed by atoms with Crippen LogP contribution >= 0.6 is 0 Å². The number of nitrogens with zero attached hydrogens (tertiary/aromatic N) is 5. The van der Waals surface area contributed by atoms with Crippen LogP contribution in [0.2, 0.25) is 0 Å². The lowest BCUT2D eigenvalue weighted by Crippen LogP contribution is -2.22. The van der Waals surface area contributed by atoms with E-state index in [1.54, 1.807) is 4.57 Å². The summed E-state index contributed by atoms with van der Waals surface area (Å²) in [6.45, 7) is 5.76. The number of hydrogen-bond acceptors (Lipinski definition) is 7. The molecule has 0 aliphatic carbocycles. The first-order valence-electron chi connectivity index (χ1n) is 10.8. The minimum Gasteiger partial charge on any atom is -0.477 e. The number of imidazole rings is 1. The van der Waals surface area contributed by atoms with Crippen molar-refractivity contribution in [2.45, 2.75) is 39.5 Å². The molecule has 176 valence electrons. The van der Waals surface area contributed by atoms with Gasteiger partial charge in [0.1, 0.15) is 23.7 Å². The van der Waals surface area contributed by atoms with E-state index in [0.29, 0.717) is 18.3 Å². The number of hydrogen-bond donors (Lipinski definition) is 3. The predicted molar refractivity (Wildman–Crippen MR) is 124 cm³/mol. The molecule has 0 aliphatic rings. The van der Waals surface area contributed by atoms with Gasteiger partial charge in [-0.2, -0.15) is 0 Å². The highest BCUT2D eigenvalue weighted by molar-refractivity contribution is 5.87. The van der Waals surface area contributed by atoms with E-state index in [4.69, 9.17) is 4.74 Å². The van der Waals surface area contributed by atoms with Gasteiger partial charge < -0.3 is 19.5 Å². The molecule has 0 saturated heterocycles. The Labute approximate surface area is 196 Å². The second-order valence-electron chi connectivity index (χ2n) is 8.31. The first-order chi connectivity index (χ1) is 16.3. The van der Waals surface area contributed by atoms with Crippen LogP contribution in [0, 0.1) is 0 Å². The van der Waals surface area contributed by atoms with Gasteiger partial charge in [-0.15, -0.1) is 5.10 Å². The molecular formula is C24H26N6O4. The molecule has 4 aromatic rings. The second kappa shape index (κ2) is 9.54. The number of carbonyl (C=O) groups is 1. The molecule has 2 aromatic heterocycles. The highest BCUT2D eigenvalue weighted by atomic mass is 16.5. The Morgan fingerprint density at radius 2 is 1.82 bits per heavy atom. The Hall–Kier alpha value is -3.89. The Morgan fingerprint density at radius 1 is 1.12 bits per heavy atom. The van der Waals surface area contributed by atoms with Crippen LogP contribution in [0.3, 0.4) is 0 Å². The van der Waals surface area contributed by atoms with Crippen molar-refractivity contribution >= 4 is 5.97 Å². The first-order valence-corrected chi connectivity index (χ1v) is 10.8. The number of aromatic nitrogens is 6. The number of aromatic carboxylic acids is 1. The SMILES string of the molecule is CCOCc1nc(C(C)(C)O)c(C(=O)O)n1Cc1ccc(-c2ccccc2-c2nnn[nH]2)cc1. The molecule has 0 atom stereocenters. The molecule has 2 aromatic carbocycles. The number of nitrogens with one attached hydrogen (secondary N) is 1. The van der Waals surface area contributed by atoms with E-state index in [1.165, 1.54) is 13.8 Å². The average Bonchev–Trinajstić information content (AvgIpc) is 3.47. The molecular weight excluding hydrogens is 436 g/mol. The van der Waals surface area contributed by atoms with Gasteiger partial charge in [-0.1, -0.05) is 48.5 Å². The number of H-pyrrole nitrogens is 1. The van der Waals surface area contributed by atoms with E-state index in [2.05, 4.69) is 25.6 Å². The average molecular weight is 463 g/mol. The topological polar surface area (TPSA) is 139 Å². The van der Waals surface area contributed by atoms with Crippen molar-refractivity contribution in [2.75, 3.05) is 6.61 Å². The normalized spacial score (nSPS) is 11.6. The van der Waals surface area contributed by atoms with Crippen LogP contribution in [0.1, 0.15) is 48.3 Å². The van der Waals surface area contributed by atoms with Crippen LogP contribution in [-0.4, -0.2) is 53.0 Å². The summed E-state index contributed by atoms with van der Waals surface area (Å²) < 4.78 is 7.10. The summed E-state index contributed by atoms with van der Waals surface area (Å²) in [7, 11) is 0. The van der Waals surface area contributed by atoms with Gasteiger partial charge in [-0.05, 0) is 47.9 Å². The van der Waals surface area contributed by atoms with Crippen molar-refractivity contribution in [3.05, 3.63) is 71.3 Å². The number of aliphatic hydroxyl groups is 1. The van der Waals surface area contributed by atoms with Crippen molar-refractivity contribution in [2.24, 2.45) is 0 Å². The van der Waals surface area contributed by atoms with E-state index in [9.17, 15) is 15.0 Å². The van der Waals surface area contributed by atoms with Gasteiger partial charge in [0.25, 0.3) is 0 Å². The summed E-state index contributed by atoms with van der Waals surface area (Å²) in [6.07, 6.45) is 0. The second-order valence-corrected chi connectivity index (χ2v) is 8.31. The van der Waals surface area contributed by atoms with Crippen LogP contribution in [0.25, 0.3) is 22.5 Å². The van der Waals surface area contributed by atoms with E-state index in [-0.39, 0.29) is 24.5 Å². The molecule has 0 spiro atoms. The highest BCUT2D eigenvalue weighted by Gasteiger charge is 2.31. The van der Waals surface area contributed by atoms with Crippen LogP contribution in [0.15, 0.2) is 48.5 Å². The van der Waals surface area contributed by atoms with Crippen LogP contribution in [0.4, 0.5) is 0 Å². The van der Waals surface area contributed by atoms with Crippen LogP contribution in [0.5, 0.6) is 0 Å². The smallest absolute Gasteiger partial charge is 0.354 e. The quantitative estimate of drug-likeness (QED) is 0.344. The number of aromatic amines is 1. The first kappa shape index (κ1) is 23.3. The molecule has 34 heavy (non-hydrogen) atoms. The molecule has 10 heteroatoms. The largest absolute Gasteiger partial charge is 0.477 e. The standard InChI is InChI=1S/C24H26N6O4/c1-4-34-14-19-25-21(24(2,3)33)20(23(31)32)30(19)13-15-9-11-16(12-10-15)17-7-5-6-8-18(17)22-26-28-29-27-22/h5-12,33H,4,13-14H2,1-3H3,(H,31,32)(H,26,27,28,29). The van der Waals surface area contributed by atoms with Gasteiger partial charge in [-0.3, -0.25) is 0 Å². The summed E-state index contributed by atoms with van der Waals surface area (Å²) >= 11 is 0. The van der Waals surface area contributed by atoms with E-state index >= 15 is 0 Å². The maximum Gasteiger partial charge on any atom is 0.354 e. The van der Waals surface area contributed by atoms with Crippen LogP contribution < -0.4 is 0 Å². The Balaban J connectivity index is 1.70. The third-order valence-corrected chi connectivity index (χ3v) is 5.40. The fraction of sp³-hybridized carbons (Fsp3) is 0.292. The highest BCUT2D eigenvalue weighted by Crippen LogP contribution is 2.30. The Morgan fingerprint density at radius 3 is 2.41 bits per heavy atom. The summed E-state index contributed by atoms with van der Waals surface area (Å²) in [6, 6.07) is 15.6. The van der Waals surface area contributed by atoms with Gasteiger partial charge in [0.2, 0.25) is 0 Å². The van der Waals surface area contributed by atoms with Crippen LogP contribution in [-0.2, 0) is 23.5 Å². The van der Waals surface area contributed by atoms with Crippen molar-refractivity contribution in [1.29, 1.82) is 0 Å². The number of benzene rings is 2. The van der Waals surface area contributed by atoms with E-state index < -0.39 is 11.6 Å². The summed E-state index contributed by atoms with van der Waals surface area (Å²) in [5, 5.41) is 34.6. The van der Waals surface area contributed by atoms with Gasteiger partial charge in [0, 0.05) is 18.7 Å². The van der Waals surface area contributed by atoms with Crippen molar-refractivity contribution in [1.82, 2.24) is 30.2 Å². The molecule has 0 saturated carbocycles. The Bertz CT molecular complexity index is 1270. The lowest BCUT2D eigenvalue weighted by Gasteiger charge is -2.16. The monoisotopic (exact) mass is 462 g/mol. The zero-order valence-electron chi connectivity index (χ0n) is 19.2. The minimum absolute atomic E-state index is 0.0468. The third kappa shape index (κ3) is 4.73. The number of rotatable bonds is 9. The van der Waals surface area contributed by atoms with Crippen molar-refractivity contribution < 1.29 is 19.7 Å². The van der Waals surface area contributed by atoms with Gasteiger partial charge >= 0.3 is 5.97 Å². The molecule has 0 amide bonds. The number of ether oxygens (including phenoxy) is 1. The summed E-state index contributed by atoms with van der Waals surface area (Å²) in [5.74, 6) is -0.133. The Kier molecular flexibility index (Phi) is 6.53. The molecule has 10 nitrogen and oxygen atoms in total. The molecule has 2 heterocycles. The van der Waals surface area contributed by atoms with E-state index in [0.717, 1.165) is 22.3 Å². The molecule has 0 bridgehead atoms. The number of carboxylic acids is 1. The minimum atomic E-state index is -1.41. The predicted octanol–water partition coefficient (Wildman–Crippen LogP) is 3.24. The van der Waals surface area contributed by atoms with Crippen molar-refractivity contribution in [3.63, 3.8) is 0 Å².